The van der Waals surface area contributed by atoms with E-state index >= 15 is 0 Å². The van der Waals surface area contributed by atoms with E-state index in [4.69, 9.17) is 16.7 Å². The van der Waals surface area contributed by atoms with Crippen molar-refractivity contribution in [1.29, 1.82) is 0 Å². The molecule has 4 aromatic rings. The van der Waals surface area contributed by atoms with Crippen LogP contribution in [0, 0.1) is 39.4 Å². The Morgan fingerprint density at radius 1 is 1.11 bits per heavy atom. The highest BCUT2D eigenvalue weighted by Crippen LogP contribution is 2.20. The molecule has 0 spiro atoms. The van der Waals surface area contributed by atoms with Gasteiger partial charge >= 0.3 is 0 Å². The molecule has 0 aliphatic rings. The van der Waals surface area contributed by atoms with Crippen molar-refractivity contribution in [2.45, 2.75) is 34.6 Å². The predicted molar refractivity (Wildman–Crippen MR) is 107 cm³/mol. The van der Waals surface area contributed by atoms with Gasteiger partial charge in [0.25, 0.3) is 5.95 Å². The zero-order valence-electron chi connectivity index (χ0n) is 16.3. The Bertz CT molecular complexity index is 1250. The molecule has 144 valence electrons. The number of aryl methyl sites for hydroxylation is 4. The van der Waals surface area contributed by atoms with E-state index in [0.717, 1.165) is 39.9 Å². The van der Waals surface area contributed by atoms with Crippen LogP contribution < -0.4 is 0 Å². The molecule has 0 atom stereocenters. The lowest BCUT2D eigenvalue weighted by molar-refractivity contribution is 0.394. The van der Waals surface area contributed by atoms with E-state index in [1.807, 2.05) is 57.4 Å². The summed E-state index contributed by atoms with van der Waals surface area (Å²) < 4.78 is 10.9. The van der Waals surface area contributed by atoms with Crippen LogP contribution in [0.2, 0.25) is 0 Å². The molecule has 10 heteroatoms. The van der Waals surface area contributed by atoms with Gasteiger partial charge in [0.15, 0.2) is 5.82 Å². The molecule has 4 aromatic heterocycles. The Morgan fingerprint density at radius 2 is 1.89 bits per heavy atom. The maximum Gasteiger partial charge on any atom is 0.271 e. The van der Waals surface area contributed by atoms with Gasteiger partial charge in [0, 0.05) is 28.7 Å². The maximum atomic E-state index is 5.34. The summed E-state index contributed by atoms with van der Waals surface area (Å²) in [6, 6.07) is 5.91. The van der Waals surface area contributed by atoms with Gasteiger partial charge in [-0.3, -0.25) is 4.57 Å². The minimum absolute atomic E-state index is 0.389. The predicted octanol–water partition coefficient (Wildman–Crippen LogP) is 3.33. The van der Waals surface area contributed by atoms with Crippen LogP contribution in [0.1, 0.15) is 34.1 Å². The van der Waals surface area contributed by atoms with Crippen molar-refractivity contribution in [2.24, 2.45) is 5.10 Å². The Morgan fingerprint density at radius 3 is 2.54 bits per heavy atom. The Kier molecular flexibility index (Phi) is 4.34. The molecule has 4 heterocycles. The highest BCUT2D eigenvalue weighted by atomic mass is 32.1. The summed E-state index contributed by atoms with van der Waals surface area (Å²) in [6.45, 7) is 9.78. The molecular weight excluding hydrogens is 376 g/mol. The molecule has 0 fully saturated rings. The highest BCUT2D eigenvalue weighted by Gasteiger charge is 2.14. The monoisotopic (exact) mass is 396 g/mol. The molecule has 4 rings (SSSR count). The molecule has 1 N–H and O–H groups in total. The van der Waals surface area contributed by atoms with Crippen LogP contribution in [-0.2, 0) is 0 Å². The van der Waals surface area contributed by atoms with E-state index in [0.29, 0.717) is 10.7 Å². The zero-order chi connectivity index (χ0) is 20.0. The molecular formula is C18H20N8OS. The molecule has 0 aliphatic carbocycles. The van der Waals surface area contributed by atoms with Gasteiger partial charge in [-0.25, -0.2) is 9.78 Å². The first-order chi connectivity index (χ1) is 13.3. The van der Waals surface area contributed by atoms with Gasteiger partial charge in [-0.1, -0.05) is 5.16 Å². The van der Waals surface area contributed by atoms with E-state index < -0.39 is 0 Å². The highest BCUT2D eigenvalue weighted by molar-refractivity contribution is 7.71. The Hall–Kier alpha value is -3.27. The van der Waals surface area contributed by atoms with Crippen molar-refractivity contribution in [2.75, 3.05) is 0 Å². The first-order valence-corrected chi connectivity index (χ1v) is 9.14. The summed E-state index contributed by atoms with van der Waals surface area (Å²) in [7, 11) is 0. The van der Waals surface area contributed by atoms with Crippen LogP contribution in [0.15, 0.2) is 27.8 Å². The van der Waals surface area contributed by atoms with Crippen molar-refractivity contribution in [3.05, 3.63) is 57.1 Å². The minimum atomic E-state index is 0.389. The fourth-order valence-electron chi connectivity index (χ4n) is 3.21. The summed E-state index contributed by atoms with van der Waals surface area (Å²) in [5.74, 6) is 2.01. The van der Waals surface area contributed by atoms with Crippen LogP contribution in [0.5, 0.6) is 0 Å². The summed E-state index contributed by atoms with van der Waals surface area (Å²) in [5, 5.41) is 20.2. The van der Waals surface area contributed by atoms with Gasteiger partial charge < -0.3 is 4.52 Å². The van der Waals surface area contributed by atoms with E-state index in [1.54, 1.807) is 15.6 Å². The van der Waals surface area contributed by atoms with Gasteiger partial charge in [-0.05, 0) is 59.0 Å². The van der Waals surface area contributed by atoms with Gasteiger partial charge in [-0.2, -0.15) is 14.9 Å². The van der Waals surface area contributed by atoms with E-state index in [2.05, 4.69) is 25.6 Å². The van der Waals surface area contributed by atoms with Crippen molar-refractivity contribution >= 4 is 18.4 Å². The molecule has 0 saturated heterocycles. The molecule has 9 nitrogen and oxygen atoms in total. The first kappa shape index (κ1) is 18.1. The normalized spacial score (nSPS) is 11.8. The molecule has 0 aromatic carbocycles. The lowest BCUT2D eigenvalue weighted by Gasteiger charge is -2.04. The van der Waals surface area contributed by atoms with E-state index in [9.17, 15) is 0 Å². The van der Waals surface area contributed by atoms with Gasteiger partial charge in [0.05, 0.1) is 11.9 Å². The lowest BCUT2D eigenvalue weighted by atomic mass is 10.3. The fourth-order valence-corrected chi connectivity index (χ4v) is 3.38. The molecule has 0 amide bonds. The summed E-state index contributed by atoms with van der Waals surface area (Å²) >= 11 is 5.34. The molecule has 0 radical (unpaired) electrons. The number of aromatic nitrogens is 7. The summed E-state index contributed by atoms with van der Waals surface area (Å²) in [5.41, 5.74) is 4.82. The number of rotatable bonds is 4. The smallest absolute Gasteiger partial charge is 0.271 e. The van der Waals surface area contributed by atoms with Gasteiger partial charge in [0.2, 0.25) is 4.77 Å². The second-order valence-corrected chi connectivity index (χ2v) is 7.07. The number of nitrogens with one attached hydrogen (secondary N) is 1. The van der Waals surface area contributed by atoms with E-state index in [-0.39, 0.29) is 0 Å². The largest absolute Gasteiger partial charge is 0.360 e. The third-order valence-electron chi connectivity index (χ3n) is 4.46. The third-order valence-corrected chi connectivity index (χ3v) is 4.72. The SMILES string of the molecule is Cc1cc(C)n(-c2n[nH]c(=S)n2/N=C\c2cc(C)n(-c3cc(C)on3)c2C)n1. The molecule has 0 unspecified atom stereocenters. The average Bonchev–Trinajstić information content (AvgIpc) is 3.35. The third kappa shape index (κ3) is 3.01. The van der Waals surface area contributed by atoms with Crippen LogP contribution in [0.25, 0.3) is 11.8 Å². The van der Waals surface area contributed by atoms with Crippen LogP contribution in [0.4, 0.5) is 0 Å². The van der Waals surface area contributed by atoms with Gasteiger partial charge in [-0.15, -0.1) is 5.10 Å². The van der Waals surface area contributed by atoms with Crippen molar-refractivity contribution in [3.63, 3.8) is 0 Å². The second kappa shape index (κ2) is 6.71. The number of hydrogen-bond donors (Lipinski definition) is 1. The zero-order valence-corrected chi connectivity index (χ0v) is 17.1. The van der Waals surface area contributed by atoms with Crippen LogP contribution in [0.3, 0.4) is 0 Å². The van der Waals surface area contributed by atoms with Crippen molar-refractivity contribution in [1.82, 2.24) is 34.4 Å². The molecule has 28 heavy (non-hydrogen) atoms. The van der Waals surface area contributed by atoms with Gasteiger partial charge in [0.1, 0.15) is 5.76 Å². The van der Waals surface area contributed by atoms with Crippen molar-refractivity contribution in [3.8, 4) is 11.8 Å². The summed E-state index contributed by atoms with van der Waals surface area (Å²) in [4.78, 5) is 0. The number of aromatic amines is 1. The Labute approximate surface area is 166 Å². The van der Waals surface area contributed by atoms with Crippen LogP contribution >= 0.6 is 12.2 Å². The lowest BCUT2D eigenvalue weighted by Crippen LogP contribution is -2.07. The number of nitrogens with zero attached hydrogens (tertiary/aromatic N) is 7. The maximum absolute atomic E-state index is 5.34. The molecule has 0 bridgehead atoms. The fraction of sp³-hybridized carbons (Fsp3) is 0.278. The summed E-state index contributed by atoms with van der Waals surface area (Å²) in [6.07, 6.45) is 1.76. The average molecular weight is 396 g/mol. The number of hydrogen-bond acceptors (Lipinski definition) is 6. The Balaban J connectivity index is 1.75. The first-order valence-electron chi connectivity index (χ1n) is 8.73. The van der Waals surface area contributed by atoms with Crippen LogP contribution in [-0.4, -0.2) is 40.6 Å². The van der Waals surface area contributed by atoms with Crippen molar-refractivity contribution < 1.29 is 4.52 Å². The molecule has 0 saturated carbocycles. The standard InChI is InChI=1S/C18H20N8OS/c1-10-6-12(3)25(22-10)17-20-21-18(28)26(17)19-9-15-7-11(2)24(14(15)5)16-8-13(4)27-23-16/h6-9H,1-5H3,(H,21,28)/b19-9-. The quantitative estimate of drug-likeness (QED) is 0.422. The molecule has 0 aliphatic heterocycles. The van der Waals surface area contributed by atoms with E-state index in [1.165, 1.54) is 0 Å². The topological polar surface area (TPSA) is 94.8 Å². The number of H-pyrrole nitrogens is 1. The minimum Gasteiger partial charge on any atom is -0.360 e. The second-order valence-electron chi connectivity index (χ2n) is 6.68.